The monoisotopic (exact) mass is 309 g/mol. The number of methoxy groups -OCH3 is 1. The number of aromatic nitrogens is 2. The smallest absolute Gasteiger partial charge is 0.224 e. The Morgan fingerprint density at radius 1 is 1.17 bits per heavy atom. The van der Waals surface area contributed by atoms with Crippen molar-refractivity contribution in [3.63, 3.8) is 0 Å². The molecule has 0 spiro atoms. The third kappa shape index (κ3) is 3.69. The van der Waals surface area contributed by atoms with E-state index in [0.717, 1.165) is 29.7 Å². The van der Waals surface area contributed by atoms with E-state index < -0.39 is 0 Å². The van der Waals surface area contributed by atoms with Crippen LogP contribution < -0.4 is 10.1 Å². The lowest BCUT2D eigenvalue weighted by Crippen LogP contribution is -2.12. The molecule has 5 heteroatoms. The molecule has 23 heavy (non-hydrogen) atoms. The fourth-order valence-electron chi connectivity index (χ4n) is 2.50. The lowest BCUT2D eigenvalue weighted by Gasteiger charge is -2.09. The number of aromatic amines is 1. The number of carbonyl (C=O) groups excluding carboxylic acids is 1. The van der Waals surface area contributed by atoms with E-state index in [4.69, 9.17) is 4.74 Å². The molecule has 0 aliphatic rings. The van der Waals surface area contributed by atoms with Crippen molar-refractivity contribution in [2.75, 3.05) is 12.4 Å². The van der Waals surface area contributed by atoms with Gasteiger partial charge < -0.3 is 15.0 Å². The number of hydrogen-bond donors (Lipinski definition) is 2. The van der Waals surface area contributed by atoms with E-state index in [1.807, 2.05) is 48.5 Å². The van der Waals surface area contributed by atoms with Gasteiger partial charge in [-0.3, -0.25) is 4.79 Å². The highest BCUT2D eigenvalue weighted by atomic mass is 16.5. The fourth-order valence-corrected chi connectivity index (χ4v) is 2.50. The molecule has 0 saturated carbocycles. The first-order valence-electron chi connectivity index (χ1n) is 7.63. The van der Waals surface area contributed by atoms with Crippen LogP contribution in [0, 0.1) is 0 Å². The minimum absolute atomic E-state index is 0.0226. The minimum Gasteiger partial charge on any atom is -0.495 e. The third-order valence-electron chi connectivity index (χ3n) is 3.64. The molecule has 0 unspecified atom stereocenters. The molecule has 0 aliphatic heterocycles. The second-order valence-electron chi connectivity index (χ2n) is 5.30. The largest absolute Gasteiger partial charge is 0.495 e. The zero-order chi connectivity index (χ0) is 16.1. The van der Waals surface area contributed by atoms with Crippen LogP contribution in [0.4, 0.5) is 5.69 Å². The average molecular weight is 309 g/mol. The van der Waals surface area contributed by atoms with Crippen LogP contribution >= 0.6 is 0 Å². The molecule has 2 aromatic carbocycles. The number of aryl methyl sites for hydroxylation is 1. The zero-order valence-corrected chi connectivity index (χ0v) is 13.0. The number of fused-ring (bicyclic) bond motifs is 1. The summed E-state index contributed by atoms with van der Waals surface area (Å²) in [4.78, 5) is 19.8. The first-order valence-corrected chi connectivity index (χ1v) is 7.63. The number of ether oxygens (including phenoxy) is 1. The van der Waals surface area contributed by atoms with Gasteiger partial charge in [-0.15, -0.1) is 0 Å². The van der Waals surface area contributed by atoms with Crippen LogP contribution in [0.25, 0.3) is 11.0 Å². The maximum atomic E-state index is 12.0. The molecule has 1 aromatic heterocycles. The first-order chi connectivity index (χ1) is 11.3. The van der Waals surface area contributed by atoms with Crippen LogP contribution in [-0.2, 0) is 11.2 Å². The summed E-state index contributed by atoms with van der Waals surface area (Å²) in [7, 11) is 1.59. The number of nitrogens with one attached hydrogen (secondary N) is 2. The Bertz CT molecular complexity index is 778. The summed E-state index contributed by atoms with van der Waals surface area (Å²) < 4.78 is 5.22. The average Bonchev–Trinajstić information content (AvgIpc) is 2.98. The van der Waals surface area contributed by atoms with Gasteiger partial charge >= 0.3 is 0 Å². The number of rotatable bonds is 6. The van der Waals surface area contributed by atoms with Crippen molar-refractivity contribution in [1.82, 2.24) is 9.97 Å². The molecule has 0 saturated heterocycles. The Morgan fingerprint density at radius 3 is 2.78 bits per heavy atom. The first kappa shape index (κ1) is 15.1. The van der Waals surface area contributed by atoms with Gasteiger partial charge in [0.15, 0.2) is 0 Å². The highest BCUT2D eigenvalue weighted by molar-refractivity contribution is 5.92. The van der Waals surface area contributed by atoms with E-state index in [0.29, 0.717) is 17.9 Å². The maximum absolute atomic E-state index is 12.0. The molecule has 118 valence electrons. The molecule has 1 heterocycles. The van der Waals surface area contributed by atoms with Crippen molar-refractivity contribution < 1.29 is 9.53 Å². The summed E-state index contributed by atoms with van der Waals surface area (Å²) >= 11 is 0. The number of benzene rings is 2. The number of nitrogens with zero attached hydrogens (tertiary/aromatic N) is 1. The van der Waals surface area contributed by atoms with Crippen molar-refractivity contribution in [3.05, 3.63) is 54.4 Å². The number of para-hydroxylation sites is 4. The predicted molar refractivity (Wildman–Crippen MR) is 90.7 cm³/mol. The lowest BCUT2D eigenvalue weighted by molar-refractivity contribution is -0.116. The Morgan fingerprint density at radius 2 is 1.96 bits per heavy atom. The molecule has 0 radical (unpaired) electrons. The Kier molecular flexibility index (Phi) is 4.57. The Hall–Kier alpha value is -2.82. The van der Waals surface area contributed by atoms with E-state index in [9.17, 15) is 4.79 Å². The topological polar surface area (TPSA) is 67.0 Å². The number of hydrogen-bond acceptors (Lipinski definition) is 3. The Labute approximate surface area is 134 Å². The SMILES string of the molecule is COc1ccccc1NC(=O)CCCc1nc2ccccc2[nH]1. The molecule has 1 amide bonds. The van der Waals surface area contributed by atoms with E-state index in [1.54, 1.807) is 7.11 Å². The fraction of sp³-hybridized carbons (Fsp3) is 0.222. The van der Waals surface area contributed by atoms with Gasteiger partial charge in [-0.25, -0.2) is 4.98 Å². The van der Waals surface area contributed by atoms with Crippen molar-refractivity contribution in [2.24, 2.45) is 0 Å². The second-order valence-corrected chi connectivity index (χ2v) is 5.30. The van der Waals surface area contributed by atoms with Crippen molar-refractivity contribution >= 4 is 22.6 Å². The standard InChI is InChI=1S/C18H19N3O2/c1-23-16-10-5-4-9-15(16)21-18(22)12-6-11-17-19-13-7-2-3-8-14(13)20-17/h2-5,7-10H,6,11-12H2,1H3,(H,19,20)(H,21,22). The van der Waals surface area contributed by atoms with Crippen molar-refractivity contribution in [2.45, 2.75) is 19.3 Å². The van der Waals surface area contributed by atoms with Crippen LogP contribution in [0.1, 0.15) is 18.7 Å². The van der Waals surface area contributed by atoms with Gasteiger partial charge in [0.2, 0.25) is 5.91 Å². The number of H-pyrrole nitrogens is 1. The molecule has 2 N–H and O–H groups in total. The summed E-state index contributed by atoms with van der Waals surface area (Å²) in [6.07, 6.45) is 1.92. The van der Waals surface area contributed by atoms with E-state index in [-0.39, 0.29) is 5.91 Å². The zero-order valence-electron chi connectivity index (χ0n) is 13.0. The van der Waals surface area contributed by atoms with Crippen LogP contribution in [0.2, 0.25) is 0 Å². The second kappa shape index (κ2) is 6.96. The predicted octanol–water partition coefficient (Wildman–Crippen LogP) is 3.53. The number of amides is 1. The van der Waals surface area contributed by atoms with E-state index >= 15 is 0 Å². The third-order valence-corrected chi connectivity index (χ3v) is 3.64. The molecular weight excluding hydrogens is 290 g/mol. The van der Waals surface area contributed by atoms with Crippen LogP contribution in [0.15, 0.2) is 48.5 Å². The highest BCUT2D eigenvalue weighted by Gasteiger charge is 2.08. The molecule has 0 atom stereocenters. The van der Waals surface area contributed by atoms with Crippen LogP contribution in [0.3, 0.4) is 0 Å². The van der Waals surface area contributed by atoms with Crippen LogP contribution in [-0.4, -0.2) is 23.0 Å². The quantitative estimate of drug-likeness (QED) is 0.732. The molecular formula is C18H19N3O2. The lowest BCUT2D eigenvalue weighted by atomic mass is 10.2. The van der Waals surface area contributed by atoms with Gasteiger partial charge in [0.1, 0.15) is 11.6 Å². The highest BCUT2D eigenvalue weighted by Crippen LogP contribution is 2.23. The number of imidazole rings is 1. The van der Waals surface area contributed by atoms with Gasteiger partial charge in [0, 0.05) is 12.8 Å². The van der Waals surface area contributed by atoms with Crippen molar-refractivity contribution in [3.8, 4) is 5.75 Å². The van der Waals surface area contributed by atoms with Gasteiger partial charge in [-0.05, 0) is 30.7 Å². The van der Waals surface area contributed by atoms with Gasteiger partial charge in [-0.2, -0.15) is 0 Å². The Balaban J connectivity index is 1.53. The van der Waals surface area contributed by atoms with Gasteiger partial charge in [0.05, 0.1) is 23.8 Å². The van der Waals surface area contributed by atoms with E-state index in [1.165, 1.54) is 0 Å². The van der Waals surface area contributed by atoms with Gasteiger partial charge in [-0.1, -0.05) is 24.3 Å². The molecule has 3 rings (SSSR count). The van der Waals surface area contributed by atoms with Crippen molar-refractivity contribution in [1.29, 1.82) is 0 Å². The molecule has 0 bridgehead atoms. The summed E-state index contributed by atoms with van der Waals surface area (Å²) in [5.74, 6) is 1.56. The molecule has 5 nitrogen and oxygen atoms in total. The molecule has 0 fully saturated rings. The summed E-state index contributed by atoms with van der Waals surface area (Å²) in [5, 5.41) is 2.88. The van der Waals surface area contributed by atoms with Gasteiger partial charge in [0.25, 0.3) is 0 Å². The summed E-state index contributed by atoms with van der Waals surface area (Å²) in [6.45, 7) is 0. The van der Waals surface area contributed by atoms with E-state index in [2.05, 4.69) is 15.3 Å². The minimum atomic E-state index is -0.0226. The number of anilines is 1. The summed E-state index contributed by atoms with van der Waals surface area (Å²) in [6, 6.07) is 15.3. The molecule has 3 aromatic rings. The maximum Gasteiger partial charge on any atom is 0.224 e. The van der Waals surface area contributed by atoms with Crippen LogP contribution in [0.5, 0.6) is 5.75 Å². The normalized spacial score (nSPS) is 10.7. The number of carbonyl (C=O) groups is 1. The molecule has 0 aliphatic carbocycles. The summed E-state index contributed by atoms with van der Waals surface area (Å²) in [5.41, 5.74) is 2.69.